The van der Waals surface area contributed by atoms with E-state index in [1.54, 1.807) is 0 Å². The molecule has 0 spiro atoms. The summed E-state index contributed by atoms with van der Waals surface area (Å²) < 4.78 is 5.36. The molecule has 1 atom stereocenters. The minimum absolute atomic E-state index is 0.651. The average Bonchev–Trinajstić information content (AvgIpc) is 2.58. The summed E-state index contributed by atoms with van der Waals surface area (Å²) in [6, 6.07) is 0.651. The Morgan fingerprint density at radius 3 is 2.43 bits per heavy atom. The van der Waals surface area contributed by atoms with E-state index in [1.165, 1.54) is 51.5 Å². The summed E-state index contributed by atoms with van der Waals surface area (Å²) in [6.07, 6.45) is 9.93. The highest BCUT2D eigenvalue weighted by molar-refractivity contribution is 4.74. The van der Waals surface area contributed by atoms with Gasteiger partial charge in [0.05, 0.1) is 6.61 Å². The van der Waals surface area contributed by atoms with E-state index in [1.807, 2.05) is 0 Å². The van der Waals surface area contributed by atoms with Crippen LogP contribution in [0.25, 0.3) is 0 Å². The summed E-state index contributed by atoms with van der Waals surface area (Å²) in [5.74, 6) is 0.943. The Hall–Kier alpha value is -0.0800. The lowest BCUT2D eigenvalue weighted by Gasteiger charge is -2.17. The molecule has 0 aromatic carbocycles. The topological polar surface area (TPSA) is 21.3 Å². The summed E-state index contributed by atoms with van der Waals surface area (Å²) in [7, 11) is 0. The Balaban J connectivity index is 1.62. The van der Waals surface area contributed by atoms with Crippen LogP contribution in [-0.4, -0.2) is 25.8 Å². The van der Waals surface area contributed by atoms with Crippen LogP contribution >= 0.6 is 0 Å². The van der Waals surface area contributed by atoms with Crippen molar-refractivity contribution in [2.24, 2.45) is 5.92 Å². The average molecular weight is 197 g/mol. The molecule has 1 heterocycles. The van der Waals surface area contributed by atoms with Gasteiger partial charge in [-0.05, 0) is 31.7 Å². The highest BCUT2D eigenvalue weighted by Crippen LogP contribution is 2.22. The van der Waals surface area contributed by atoms with E-state index in [9.17, 15) is 0 Å². The highest BCUT2D eigenvalue weighted by Gasteiger charge is 2.17. The van der Waals surface area contributed by atoms with Crippen LogP contribution in [0.3, 0.4) is 0 Å². The molecule has 82 valence electrons. The van der Waals surface area contributed by atoms with Crippen molar-refractivity contribution < 1.29 is 4.74 Å². The van der Waals surface area contributed by atoms with Crippen molar-refractivity contribution in [3.05, 3.63) is 0 Å². The van der Waals surface area contributed by atoms with Crippen molar-refractivity contribution >= 4 is 0 Å². The number of ether oxygens (including phenoxy) is 1. The van der Waals surface area contributed by atoms with Gasteiger partial charge in [0.2, 0.25) is 0 Å². The normalized spacial score (nSPS) is 30.4. The Labute approximate surface area is 87.4 Å². The maximum atomic E-state index is 5.36. The van der Waals surface area contributed by atoms with Crippen molar-refractivity contribution in [3.8, 4) is 0 Å². The monoisotopic (exact) mass is 197 g/mol. The molecule has 1 saturated heterocycles. The van der Waals surface area contributed by atoms with Gasteiger partial charge in [-0.2, -0.15) is 0 Å². The third-order valence-corrected chi connectivity index (χ3v) is 3.60. The van der Waals surface area contributed by atoms with E-state index in [0.717, 1.165) is 19.1 Å². The molecule has 1 aliphatic heterocycles. The van der Waals surface area contributed by atoms with E-state index < -0.39 is 0 Å². The Morgan fingerprint density at radius 2 is 1.79 bits per heavy atom. The lowest BCUT2D eigenvalue weighted by atomic mass is 10.00. The Morgan fingerprint density at radius 1 is 1.00 bits per heavy atom. The van der Waals surface area contributed by atoms with Crippen LogP contribution in [0.1, 0.15) is 44.9 Å². The Bertz CT molecular complexity index is 146. The standard InChI is InChI=1S/C12H23NO/c1-2-4-6-11(5-3-1)9-13-12-7-8-14-10-12/h11-13H,1-10H2. The molecule has 2 rings (SSSR count). The molecular weight excluding hydrogens is 174 g/mol. The van der Waals surface area contributed by atoms with Crippen LogP contribution in [0.15, 0.2) is 0 Å². The minimum Gasteiger partial charge on any atom is -0.380 e. The van der Waals surface area contributed by atoms with Crippen LogP contribution in [0.4, 0.5) is 0 Å². The summed E-state index contributed by atoms with van der Waals surface area (Å²) in [5.41, 5.74) is 0. The molecule has 0 aromatic heterocycles. The second-order valence-corrected chi connectivity index (χ2v) is 4.83. The summed E-state index contributed by atoms with van der Waals surface area (Å²) >= 11 is 0. The molecule has 2 heteroatoms. The zero-order chi connectivity index (χ0) is 9.64. The summed E-state index contributed by atoms with van der Waals surface area (Å²) in [4.78, 5) is 0. The summed E-state index contributed by atoms with van der Waals surface area (Å²) in [5, 5.41) is 3.65. The van der Waals surface area contributed by atoms with Crippen LogP contribution in [-0.2, 0) is 4.74 Å². The zero-order valence-corrected chi connectivity index (χ0v) is 9.13. The van der Waals surface area contributed by atoms with Crippen molar-refractivity contribution in [3.63, 3.8) is 0 Å². The fraction of sp³-hybridized carbons (Fsp3) is 1.00. The van der Waals surface area contributed by atoms with Crippen molar-refractivity contribution in [2.75, 3.05) is 19.8 Å². The SMILES string of the molecule is C1CCCC(CNC2CCOC2)CC1. The van der Waals surface area contributed by atoms with Crippen LogP contribution < -0.4 is 5.32 Å². The van der Waals surface area contributed by atoms with E-state index >= 15 is 0 Å². The highest BCUT2D eigenvalue weighted by atomic mass is 16.5. The van der Waals surface area contributed by atoms with E-state index in [2.05, 4.69) is 5.32 Å². The number of rotatable bonds is 3. The smallest absolute Gasteiger partial charge is 0.0620 e. The molecule has 1 unspecified atom stereocenters. The first-order valence-electron chi connectivity index (χ1n) is 6.26. The van der Waals surface area contributed by atoms with Gasteiger partial charge in [0.15, 0.2) is 0 Å². The van der Waals surface area contributed by atoms with Crippen molar-refractivity contribution in [1.29, 1.82) is 0 Å². The van der Waals surface area contributed by atoms with Crippen molar-refractivity contribution in [1.82, 2.24) is 5.32 Å². The fourth-order valence-electron chi connectivity index (χ4n) is 2.60. The van der Waals surface area contributed by atoms with Gasteiger partial charge in [-0.15, -0.1) is 0 Å². The molecule has 0 bridgehead atoms. The minimum atomic E-state index is 0.651. The van der Waals surface area contributed by atoms with Gasteiger partial charge >= 0.3 is 0 Å². The predicted molar refractivity (Wildman–Crippen MR) is 58.4 cm³/mol. The molecule has 0 aromatic rings. The quantitative estimate of drug-likeness (QED) is 0.701. The maximum absolute atomic E-state index is 5.36. The molecule has 0 radical (unpaired) electrons. The van der Waals surface area contributed by atoms with E-state index in [0.29, 0.717) is 6.04 Å². The molecule has 2 nitrogen and oxygen atoms in total. The molecule has 1 N–H and O–H groups in total. The van der Waals surface area contributed by atoms with E-state index in [-0.39, 0.29) is 0 Å². The van der Waals surface area contributed by atoms with Gasteiger partial charge in [-0.1, -0.05) is 25.7 Å². The van der Waals surface area contributed by atoms with Gasteiger partial charge in [-0.3, -0.25) is 0 Å². The lowest BCUT2D eigenvalue weighted by molar-refractivity contribution is 0.189. The van der Waals surface area contributed by atoms with Gasteiger partial charge in [-0.25, -0.2) is 0 Å². The van der Waals surface area contributed by atoms with Gasteiger partial charge < -0.3 is 10.1 Å². The third-order valence-electron chi connectivity index (χ3n) is 3.60. The zero-order valence-electron chi connectivity index (χ0n) is 9.13. The number of nitrogens with one attached hydrogen (secondary N) is 1. The fourth-order valence-corrected chi connectivity index (χ4v) is 2.60. The van der Waals surface area contributed by atoms with Gasteiger partial charge in [0.1, 0.15) is 0 Å². The van der Waals surface area contributed by atoms with Gasteiger partial charge in [0.25, 0.3) is 0 Å². The lowest BCUT2D eigenvalue weighted by Crippen LogP contribution is -2.33. The molecule has 2 fully saturated rings. The predicted octanol–water partition coefficient (Wildman–Crippen LogP) is 2.34. The molecule has 1 saturated carbocycles. The maximum Gasteiger partial charge on any atom is 0.0620 e. The molecule has 0 amide bonds. The molecular formula is C12H23NO. The van der Waals surface area contributed by atoms with Crippen molar-refractivity contribution in [2.45, 2.75) is 51.0 Å². The second kappa shape index (κ2) is 5.72. The molecule has 14 heavy (non-hydrogen) atoms. The largest absolute Gasteiger partial charge is 0.380 e. The molecule has 1 aliphatic carbocycles. The van der Waals surface area contributed by atoms with Gasteiger partial charge in [0, 0.05) is 12.6 Å². The van der Waals surface area contributed by atoms with Crippen LogP contribution in [0, 0.1) is 5.92 Å². The third kappa shape index (κ3) is 3.25. The second-order valence-electron chi connectivity index (χ2n) is 4.83. The summed E-state index contributed by atoms with van der Waals surface area (Å²) in [6.45, 7) is 3.13. The number of hydrogen-bond donors (Lipinski definition) is 1. The molecule has 2 aliphatic rings. The number of hydrogen-bond acceptors (Lipinski definition) is 2. The first-order chi connectivity index (χ1) is 6.95. The van der Waals surface area contributed by atoms with Crippen LogP contribution in [0.2, 0.25) is 0 Å². The first kappa shape index (κ1) is 10.4. The van der Waals surface area contributed by atoms with E-state index in [4.69, 9.17) is 4.74 Å². The first-order valence-corrected chi connectivity index (χ1v) is 6.26. The van der Waals surface area contributed by atoms with Crippen LogP contribution in [0.5, 0.6) is 0 Å². The Kier molecular flexibility index (Phi) is 4.26.